The Balaban J connectivity index is 1.49. The minimum Gasteiger partial charge on any atom is -0.461 e. The van der Waals surface area contributed by atoms with Gasteiger partial charge in [0.1, 0.15) is 25.0 Å². The van der Waals surface area contributed by atoms with Gasteiger partial charge >= 0.3 is 19.5 Å². The number of nitrogens with two attached hydrogens (primary N) is 1. The molecule has 0 spiro atoms. The first-order chi connectivity index (χ1) is 17.4. The Hall–Kier alpha value is -3.45. The van der Waals surface area contributed by atoms with Gasteiger partial charge < -0.3 is 24.3 Å². The molecule has 0 fully saturated rings. The minimum absolute atomic E-state index is 0.0272. The molecule has 3 aromatic rings. The Labute approximate surface area is 210 Å². The summed E-state index contributed by atoms with van der Waals surface area (Å²) in [5.74, 6) is -0.725. The number of benzene rings is 3. The molecule has 0 aliphatic rings. The molecule has 9 heteroatoms. The molecule has 0 heterocycles. The summed E-state index contributed by atoms with van der Waals surface area (Å²) in [6.45, 7) is 0.287. The molecule has 36 heavy (non-hydrogen) atoms. The topological polar surface area (TPSA) is 114 Å². The highest BCUT2D eigenvalue weighted by Gasteiger charge is 2.28. The van der Waals surface area contributed by atoms with Crippen molar-refractivity contribution >= 4 is 19.5 Å². The second-order valence-electron chi connectivity index (χ2n) is 8.07. The lowest BCUT2D eigenvalue weighted by Gasteiger charge is -2.19. The summed E-state index contributed by atoms with van der Waals surface area (Å²) < 4.78 is 34.4. The molecule has 2 atom stereocenters. The summed E-state index contributed by atoms with van der Waals surface area (Å²) in [5, 5.41) is 0. The molecule has 0 amide bonds. The minimum atomic E-state index is -3.60. The number of ether oxygens (including phenoxy) is 2. The normalized spacial score (nSPS) is 13.3. The van der Waals surface area contributed by atoms with Crippen molar-refractivity contribution in [3.63, 3.8) is 0 Å². The van der Waals surface area contributed by atoms with Crippen molar-refractivity contribution in [2.75, 3.05) is 13.3 Å². The molecule has 8 nitrogen and oxygen atoms in total. The Kier molecular flexibility index (Phi) is 10.2. The van der Waals surface area contributed by atoms with Crippen molar-refractivity contribution in [2.45, 2.75) is 32.1 Å². The van der Waals surface area contributed by atoms with E-state index in [4.69, 9.17) is 24.3 Å². The van der Waals surface area contributed by atoms with Crippen LogP contribution in [0.25, 0.3) is 0 Å². The molecule has 0 aliphatic heterocycles. The first-order valence-corrected chi connectivity index (χ1v) is 13.2. The Morgan fingerprint density at radius 1 is 0.833 bits per heavy atom. The van der Waals surface area contributed by atoms with E-state index in [0.717, 1.165) is 11.1 Å². The molecule has 1 unspecified atom stereocenters. The van der Waals surface area contributed by atoms with Crippen LogP contribution in [0.4, 0.5) is 0 Å². The van der Waals surface area contributed by atoms with Gasteiger partial charge in [-0.15, -0.1) is 0 Å². The van der Waals surface area contributed by atoms with E-state index in [9.17, 15) is 14.2 Å². The summed E-state index contributed by atoms with van der Waals surface area (Å²) in [6, 6.07) is 24.3. The maximum atomic E-state index is 13.1. The average Bonchev–Trinajstić information content (AvgIpc) is 2.90. The molecule has 3 aromatic carbocycles. The molecule has 0 saturated heterocycles. The Morgan fingerprint density at radius 2 is 1.42 bits per heavy atom. The van der Waals surface area contributed by atoms with Crippen molar-refractivity contribution in [1.29, 1.82) is 0 Å². The molecule has 2 N–H and O–H groups in total. The van der Waals surface area contributed by atoms with Crippen LogP contribution in [0.2, 0.25) is 0 Å². The molecule has 190 valence electrons. The van der Waals surface area contributed by atoms with Crippen LogP contribution in [-0.2, 0) is 47.8 Å². The van der Waals surface area contributed by atoms with Crippen molar-refractivity contribution < 1.29 is 32.7 Å². The Bertz CT molecular complexity index is 1170. The number of carbonyl (C=O) groups is 2. The van der Waals surface area contributed by atoms with Crippen LogP contribution in [0.5, 0.6) is 5.75 Å². The lowest BCUT2D eigenvalue weighted by Crippen LogP contribution is -2.33. The summed E-state index contributed by atoms with van der Waals surface area (Å²) in [5.41, 5.74) is 8.30. The molecule has 0 bridgehead atoms. The largest absolute Gasteiger partial charge is 0.461 e. The maximum Gasteiger partial charge on any atom is 0.378 e. The highest BCUT2D eigenvalue weighted by molar-refractivity contribution is 7.54. The van der Waals surface area contributed by atoms with E-state index < -0.39 is 25.6 Å². The SMILES string of the molecule is COP(=O)(CC[C@H](N)C(=O)OCc1ccccc1)Oc1cccc(CC(=O)OCc2ccccc2)c1. The average molecular weight is 512 g/mol. The standard InChI is InChI=1S/C27H30NO7P/c1-32-36(31,16-15-25(28)27(30)34-20-22-11-6-3-7-12-22)35-24-14-8-13-23(17-24)18-26(29)33-19-21-9-4-2-5-10-21/h2-14,17,25H,15-16,18-20,28H2,1H3/t25-,36?/m0/s1. The zero-order valence-electron chi connectivity index (χ0n) is 20.1. The summed E-state index contributed by atoms with van der Waals surface area (Å²) in [7, 11) is -2.33. The number of hydrogen-bond acceptors (Lipinski definition) is 8. The van der Waals surface area contributed by atoms with Gasteiger partial charge in [-0.3, -0.25) is 9.59 Å². The van der Waals surface area contributed by atoms with Crippen LogP contribution in [0.15, 0.2) is 84.9 Å². The third-order valence-corrected chi connectivity index (χ3v) is 7.10. The van der Waals surface area contributed by atoms with E-state index in [1.807, 2.05) is 60.7 Å². The van der Waals surface area contributed by atoms with Gasteiger partial charge in [0.2, 0.25) is 0 Å². The smallest absolute Gasteiger partial charge is 0.378 e. The zero-order valence-corrected chi connectivity index (χ0v) is 21.0. The predicted octanol–water partition coefficient (Wildman–Crippen LogP) is 4.65. The third-order valence-electron chi connectivity index (χ3n) is 5.25. The number of carbonyl (C=O) groups excluding carboxylic acids is 2. The van der Waals surface area contributed by atoms with Crippen LogP contribution in [0.1, 0.15) is 23.1 Å². The summed E-state index contributed by atoms with van der Waals surface area (Å²) >= 11 is 0. The molecule has 3 rings (SSSR count). The fourth-order valence-corrected chi connectivity index (χ4v) is 4.63. The fraction of sp³-hybridized carbons (Fsp3) is 0.259. The molecular formula is C27H30NO7P. The van der Waals surface area contributed by atoms with Crippen LogP contribution >= 0.6 is 7.60 Å². The van der Waals surface area contributed by atoms with Gasteiger partial charge in [0.15, 0.2) is 0 Å². The van der Waals surface area contributed by atoms with Crippen LogP contribution in [0, 0.1) is 0 Å². The molecule has 0 radical (unpaired) electrons. The second-order valence-corrected chi connectivity index (χ2v) is 10.3. The first kappa shape index (κ1) is 27.1. The Morgan fingerprint density at radius 3 is 2.03 bits per heavy atom. The van der Waals surface area contributed by atoms with E-state index in [1.54, 1.807) is 24.3 Å². The van der Waals surface area contributed by atoms with Crippen LogP contribution in [0.3, 0.4) is 0 Å². The summed E-state index contributed by atoms with van der Waals surface area (Å²) in [6.07, 6.45) is -0.0157. The lowest BCUT2D eigenvalue weighted by molar-refractivity contribution is -0.146. The van der Waals surface area contributed by atoms with Gasteiger partial charge in [-0.2, -0.15) is 0 Å². The van der Waals surface area contributed by atoms with E-state index in [2.05, 4.69) is 0 Å². The molecule has 0 aromatic heterocycles. The molecule has 0 aliphatic carbocycles. The van der Waals surface area contributed by atoms with Gasteiger partial charge in [0.25, 0.3) is 0 Å². The maximum absolute atomic E-state index is 13.1. The van der Waals surface area contributed by atoms with Crippen LogP contribution in [-0.4, -0.2) is 31.3 Å². The lowest BCUT2D eigenvalue weighted by atomic mass is 10.1. The molecule has 0 saturated carbocycles. The van der Waals surface area contributed by atoms with Gasteiger partial charge in [-0.05, 0) is 35.2 Å². The number of hydrogen-bond donors (Lipinski definition) is 1. The van der Waals surface area contributed by atoms with Gasteiger partial charge in [-0.25, -0.2) is 4.57 Å². The van der Waals surface area contributed by atoms with Crippen molar-refractivity contribution in [3.05, 3.63) is 102 Å². The van der Waals surface area contributed by atoms with Crippen molar-refractivity contribution in [3.8, 4) is 5.75 Å². The predicted molar refractivity (Wildman–Crippen MR) is 135 cm³/mol. The third kappa shape index (κ3) is 8.96. The van der Waals surface area contributed by atoms with Crippen LogP contribution < -0.4 is 10.3 Å². The van der Waals surface area contributed by atoms with E-state index >= 15 is 0 Å². The van der Waals surface area contributed by atoms with E-state index in [-0.39, 0.29) is 38.0 Å². The quantitative estimate of drug-likeness (QED) is 0.261. The van der Waals surface area contributed by atoms with Gasteiger partial charge in [0.05, 0.1) is 12.6 Å². The van der Waals surface area contributed by atoms with Gasteiger partial charge in [-0.1, -0.05) is 72.8 Å². The highest BCUT2D eigenvalue weighted by Crippen LogP contribution is 2.48. The number of rotatable bonds is 13. The first-order valence-electron chi connectivity index (χ1n) is 11.5. The number of esters is 2. The zero-order chi connectivity index (χ0) is 25.8. The summed E-state index contributed by atoms with van der Waals surface area (Å²) in [4.78, 5) is 24.4. The second kappa shape index (κ2) is 13.6. The van der Waals surface area contributed by atoms with E-state index in [0.29, 0.717) is 5.56 Å². The van der Waals surface area contributed by atoms with Crippen molar-refractivity contribution in [2.24, 2.45) is 5.73 Å². The van der Waals surface area contributed by atoms with Gasteiger partial charge in [0, 0.05) is 7.11 Å². The monoisotopic (exact) mass is 511 g/mol. The van der Waals surface area contributed by atoms with Crippen molar-refractivity contribution in [1.82, 2.24) is 0 Å². The fourth-order valence-electron chi connectivity index (χ4n) is 3.25. The highest BCUT2D eigenvalue weighted by atomic mass is 31.2. The molecular weight excluding hydrogens is 481 g/mol. The van der Waals surface area contributed by atoms with E-state index in [1.165, 1.54) is 7.11 Å².